The molecular weight excluding hydrogens is 336 g/mol. The average molecular weight is 383 g/mol. The summed E-state index contributed by atoms with van der Waals surface area (Å²) >= 11 is 0. The van der Waals surface area contributed by atoms with Crippen molar-refractivity contribution in [3.05, 3.63) is 11.6 Å². The van der Waals surface area contributed by atoms with E-state index < -0.39 is 0 Å². The zero-order valence-electron chi connectivity index (χ0n) is 19.7. The predicted molar refractivity (Wildman–Crippen MR) is 120 cm³/mol. The first-order valence-corrected chi connectivity index (χ1v) is 12.9. The molecule has 0 heteroatoms. The van der Waals surface area contributed by atoms with Crippen molar-refractivity contribution in [2.75, 3.05) is 0 Å². The quantitative estimate of drug-likeness (QED) is 0.370. The summed E-state index contributed by atoms with van der Waals surface area (Å²) in [6.45, 7) is 15.9. The molecule has 0 spiro atoms. The predicted octanol–water partition coefficient (Wildman–Crippen LogP) is 8.27. The van der Waals surface area contributed by atoms with E-state index >= 15 is 0 Å². The second-order valence-corrected chi connectivity index (χ2v) is 13.1. The monoisotopic (exact) mass is 382 g/mol. The van der Waals surface area contributed by atoms with E-state index in [1.807, 2.05) is 5.57 Å². The smallest absolute Gasteiger partial charge is 0.0118 e. The maximum atomic E-state index is 2.85. The molecule has 4 unspecified atom stereocenters. The van der Waals surface area contributed by atoms with Gasteiger partial charge in [0.2, 0.25) is 0 Å². The van der Waals surface area contributed by atoms with Gasteiger partial charge in [0.05, 0.1) is 0 Å². The summed E-state index contributed by atoms with van der Waals surface area (Å²) in [6.07, 6.45) is 17.7. The summed E-state index contributed by atoms with van der Waals surface area (Å²) in [6, 6.07) is 0. The van der Waals surface area contributed by atoms with Gasteiger partial charge in [0, 0.05) is 0 Å². The molecule has 0 heterocycles. The van der Waals surface area contributed by atoms with E-state index in [1.165, 1.54) is 64.2 Å². The first-order valence-electron chi connectivity index (χ1n) is 12.9. The lowest BCUT2D eigenvalue weighted by Crippen LogP contribution is -2.58. The fraction of sp³-hybridized carbons (Fsp3) is 0.929. The molecule has 0 aromatic carbocycles. The molecule has 5 aliphatic carbocycles. The van der Waals surface area contributed by atoms with Gasteiger partial charge in [-0.25, -0.2) is 0 Å². The standard InChI is InChI=1S/C28H46/c1-18-11-15-26(4)16-12-23-21(25(26)20(18)3)9-10-24-27(5)14-7-8-19(2)22(27)13-17-28(23,24)6/h9,18-20,22-25H,7-8,10-17H2,1-6H3/t18-,19-,20+,22?,23?,24?,25?,26-,27+,28+/m1/s1. The Morgan fingerprint density at radius 1 is 0.786 bits per heavy atom. The van der Waals surface area contributed by atoms with Crippen LogP contribution in [0.2, 0.25) is 0 Å². The number of allylic oxidation sites excluding steroid dienone is 2. The third kappa shape index (κ3) is 2.48. The summed E-state index contributed by atoms with van der Waals surface area (Å²) in [7, 11) is 0. The van der Waals surface area contributed by atoms with Crippen LogP contribution in [0.4, 0.5) is 0 Å². The Kier molecular flexibility index (Phi) is 4.48. The molecule has 0 aromatic rings. The molecule has 0 aliphatic heterocycles. The van der Waals surface area contributed by atoms with E-state index in [2.05, 4.69) is 47.6 Å². The zero-order chi connectivity index (χ0) is 19.9. The van der Waals surface area contributed by atoms with Gasteiger partial charge in [0.25, 0.3) is 0 Å². The summed E-state index contributed by atoms with van der Waals surface area (Å²) in [4.78, 5) is 0. The number of hydrogen-bond donors (Lipinski definition) is 0. The number of rotatable bonds is 0. The van der Waals surface area contributed by atoms with Crippen molar-refractivity contribution in [1.82, 2.24) is 0 Å². The molecule has 0 bridgehead atoms. The van der Waals surface area contributed by atoms with Crippen LogP contribution in [-0.4, -0.2) is 0 Å². The number of fused-ring (bicyclic) bond motifs is 7. The van der Waals surface area contributed by atoms with Crippen LogP contribution in [0.3, 0.4) is 0 Å². The molecule has 28 heavy (non-hydrogen) atoms. The molecule has 0 nitrogen and oxygen atoms in total. The van der Waals surface area contributed by atoms with Gasteiger partial charge in [-0.15, -0.1) is 0 Å². The highest BCUT2D eigenvalue weighted by molar-refractivity contribution is 5.28. The van der Waals surface area contributed by atoms with E-state index in [9.17, 15) is 0 Å². The van der Waals surface area contributed by atoms with Crippen molar-refractivity contribution in [2.24, 2.45) is 57.7 Å². The molecule has 158 valence electrons. The van der Waals surface area contributed by atoms with E-state index in [0.29, 0.717) is 16.2 Å². The van der Waals surface area contributed by atoms with Crippen LogP contribution in [0, 0.1) is 57.7 Å². The maximum absolute atomic E-state index is 2.85. The third-order valence-corrected chi connectivity index (χ3v) is 12.0. The Hall–Kier alpha value is -0.260. The van der Waals surface area contributed by atoms with Gasteiger partial charge in [-0.1, -0.05) is 66.0 Å². The largest absolute Gasteiger partial charge is 0.0844 e. The van der Waals surface area contributed by atoms with Crippen molar-refractivity contribution >= 4 is 0 Å². The molecule has 0 aromatic heterocycles. The van der Waals surface area contributed by atoms with E-state index in [4.69, 9.17) is 0 Å². The van der Waals surface area contributed by atoms with Gasteiger partial charge in [-0.2, -0.15) is 0 Å². The normalized spacial score (nSPS) is 58.6. The highest BCUT2D eigenvalue weighted by atomic mass is 14.7. The van der Waals surface area contributed by atoms with Crippen LogP contribution in [0.5, 0.6) is 0 Å². The third-order valence-electron chi connectivity index (χ3n) is 12.0. The summed E-state index contributed by atoms with van der Waals surface area (Å²) in [5.74, 6) is 6.47. The average Bonchev–Trinajstić information content (AvgIpc) is 2.64. The molecular formula is C28H46. The van der Waals surface area contributed by atoms with E-state index in [1.54, 1.807) is 0 Å². The van der Waals surface area contributed by atoms with Gasteiger partial charge >= 0.3 is 0 Å². The van der Waals surface area contributed by atoms with Crippen molar-refractivity contribution in [1.29, 1.82) is 0 Å². The maximum Gasteiger partial charge on any atom is -0.0118 e. The van der Waals surface area contributed by atoms with Gasteiger partial charge in [0.1, 0.15) is 0 Å². The summed E-state index contributed by atoms with van der Waals surface area (Å²) in [5, 5.41) is 0. The summed E-state index contributed by atoms with van der Waals surface area (Å²) < 4.78 is 0. The zero-order valence-corrected chi connectivity index (χ0v) is 19.7. The lowest BCUT2D eigenvalue weighted by molar-refractivity contribution is -0.135. The molecule has 10 atom stereocenters. The second kappa shape index (κ2) is 6.37. The van der Waals surface area contributed by atoms with Crippen LogP contribution in [0.25, 0.3) is 0 Å². The lowest BCUT2D eigenvalue weighted by Gasteiger charge is -2.66. The van der Waals surface area contributed by atoms with E-state index in [-0.39, 0.29) is 0 Å². The van der Waals surface area contributed by atoms with Crippen LogP contribution in [-0.2, 0) is 0 Å². The van der Waals surface area contributed by atoms with Crippen LogP contribution < -0.4 is 0 Å². The fourth-order valence-electron chi connectivity index (χ4n) is 10.3. The first-order chi connectivity index (χ1) is 13.2. The highest BCUT2D eigenvalue weighted by Gasteiger charge is 2.61. The summed E-state index contributed by atoms with van der Waals surface area (Å²) in [5.41, 5.74) is 3.74. The molecule has 4 fully saturated rings. The van der Waals surface area contributed by atoms with Crippen molar-refractivity contribution in [3.8, 4) is 0 Å². The molecule has 0 amide bonds. The van der Waals surface area contributed by atoms with Gasteiger partial charge in [0.15, 0.2) is 0 Å². The molecule has 0 radical (unpaired) electrons. The van der Waals surface area contributed by atoms with Crippen molar-refractivity contribution in [3.63, 3.8) is 0 Å². The van der Waals surface area contributed by atoms with Gasteiger partial charge in [-0.05, 0) is 109 Å². The molecule has 4 saturated carbocycles. The van der Waals surface area contributed by atoms with Crippen molar-refractivity contribution in [2.45, 2.75) is 106 Å². The Morgan fingerprint density at radius 2 is 1.54 bits per heavy atom. The van der Waals surface area contributed by atoms with Crippen LogP contribution >= 0.6 is 0 Å². The molecule has 5 rings (SSSR count). The Balaban J connectivity index is 1.54. The van der Waals surface area contributed by atoms with Crippen LogP contribution in [0.15, 0.2) is 11.6 Å². The Morgan fingerprint density at radius 3 is 2.32 bits per heavy atom. The Labute approximate surface area is 175 Å². The van der Waals surface area contributed by atoms with Crippen molar-refractivity contribution < 1.29 is 0 Å². The minimum absolute atomic E-state index is 0.578. The molecule has 0 saturated heterocycles. The molecule has 0 N–H and O–H groups in total. The van der Waals surface area contributed by atoms with Gasteiger partial charge < -0.3 is 0 Å². The fourth-order valence-corrected chi connectivity index (χ4v) is 10.3. The SMILES string of the molecule is C[C@@H]1CCC[C@@]2(C)C1CC[C@@]1(C)C3CC[C@@]4(C)CC[C@@H](C)[C@H](C)C4C3=CCC12. The first kappa shape index (κ1) is 19.7. The highest BCUT2D eigenvalue weighted by Crippen LogP contribution is 2.70. The molecule has 5 aliphatic rings. The number of hydrogen-bond acceptors (Lipinski definition) is 0. The Bertz CT molecular complexity index is 659. The minimum Gasteiger partial charge on any atom is -0.0844 e. The van der Waals surface area contributed by atoms with E-state index in [0.717, 1.165) is 41.4 Å². The minimum atomic E-state index is 0.578. The van der Waals surface area contributed by atoms with Crippen LogP contribution in [0.1, 0.15) is 106 Å². The van der Waals surface area contributed by atoms with Gasteiger partial charge in [-0.3, -0.25) is 0 Å². The second-order valence-electron chi connectivity index (χ2n) is 13.1. The lowest BCUT2D eigenvalue weighted by atomic mass is 9.38. The topological polar surface area (TPSA) is 0 Å².